The summed E-state index contributed by atoms with van der Waals surface area (Å²) < 4.78 is 39.0. The molecule has 0 amide bonds. The van der Waals surface area contributed by atoms with E-state index in [2.05, 4.69) is 25.7 Å². The van der Waals surface area contributed by atoms with Crippen molar-refractivity contribution in [3.05, 3.63) is 26.5 Å². The molecule has 0 fully saturated rings. The maximum atomic E-state index is 12.0. The molecule has 1 aromatic rings. The van der Waals surface area contributed by atoms with Gasteiger partial charge in [-0.05, 0) is 15.9 Å². The van der Waals surface area contributed by atoms with E-state index in [-0.39, 0.29) is 4.60 Å². The maximum absolute atomic E-state index is 12.0. The molecule has 0 aliphatic carbocycles. The Labute approximate surface area is 99.9 Å². The molecule has 0 atom stereocenters. The van der Waals surface area contributed by atoms with Crippen molar-refractivity contribution in [2.24, 2.45) is 0 Å². The number of pyridine rings is 1. The number of halogens is 4. The molecule has 1 rings (SSSR count). The van der Waals surface area contributed by atoms with Gasteiger partial charge in [-0.2, -0.15) is 5.26 Å². The highest BCUT2D eigenvalue weighted by atomic mass is 79.9. The van der Waals surface area contributed by atoms with E-state index in [1.807, 2.05) is 0 Å². The van der Waals surface area contributed by atoms with Crippen LogP contribution in [-0.4, -0.2) is 16.3 Å². The highest BCUT2D eigenvalue weighted by Crippen LogP contribution is 2.36. The molecule has 0 radical (unpaired) electrons. The monoisotopic (exact) mass is 311 g/mol. The van der Waals surface area contributed by atoms with E-state index < -0.39 is 28.3 Å². The first-order valence-corrected chi connectivity index (χ1v) is 4.54. The predicted molar refractivity (Wildman–Crippen MR) is 50.0 cm³/mol. The number of nitriles is 1. The van der Waals surface area contributed by atoms with Crippen LogP contribution in [0.3, 0.4) is 0 Å². The minimum atomic E-state index is -5.10. The molecule has 1 heterocycles. The zero-order chi connectivity index (χ0) is 13.2. The number of hydrogen-bond donors (Lipinski definition) is 0. The summed E-state index contributed by atoms with van der Waals surface area (Å²) in [7, 11) is 0. The molecule has 0 aromatic carbocycles. The number of nitro groups is 1. The van der Waals surface area contributed by atoms with Crippen LogP contribution in [0.5, 0.6) is 5.75 Å². The van der Waals surface area contributed by atoms with Crippen LogP contribution in [0.25, 0.3) is 0 Å². The Bertz CT molecular complexity index is 512. The van der Waals surface area contributed by atoms with Gasteiger partial charge in [0.2, 0.25) is 5.75 Å². The van der Waals surface area contributed by atoms with Gasteiger partial charge in [-0.15, -0.1) is 13.2 Å². The molecule has 10 heteroatoms. The van der Waals surface area contributed by atoms with E-state index in [4.69, 9.17) is 5.26 Å². The van der Waals surface area contributed by atoms with E-state index in [0.717, 1.165) is 0 Å². The van der Waals surface area contributed by atoms with Gasteiger partial charge in [-0.1, -0.05) is 0 Å². The van der Waals surface area contributed by atoms with Crippen LogP contribution in [0.4, 0.5) is 18.9 Å². The molecule has 17 heavy (non-hydrogen) atoms. The van der Waals surface area contributed by atoms with Crippen LogP contribution in [0.15, 0.2) is 10.8 Å². The minimum Gasteiger partial charge on any atom is -0.397 e. The summed E-state index contributed by atoms with van der Waals surface area (Å²) in [5.41, 5.74) is -1.73. The Morgan fingerprint density at radius 2 is 2.18 bits per heavy atom. The summed E-state index contributed by atoms with van der Waals surface area (Å²) in [5, 5.41) is 19.2. The standard InChI is InChI=1S/C7HBrF3N3O3/c8-6-3(1-12)5(14(15)16)4(2-13-6)17-7(9,10)11/h2H. The SMILES string of the molecule is N#Cc1c(Br)ncc(OC(F)(F)F)c1[N+](=O)[O-]. The third-order valence-electron chi connectivity index (χ3n) is 1.49. The average molecular weight is 312 g/mol. The summed E-state index contributed by atoms with van der Waals surface area (Å²) >= 11 is 2.71. The molecular weight excluding hydrogens is 311 g/mol. The second-order valence-electron chi connectivity index (χ2n) is 2.55. The summed E-state index contributed by atoms with van der Waals surface area (Å²) in [6.07, 6.45) is -4.59. The molecular formula is C7HBrF3N3O3. The van der Waals surface area contributed by atoms with Crippen LogP contribution in [0.2, 0.25) is 0 Å². The number of hydrogen-bond acceptors (Lipinski definition) is 5. The van der Waals surface area contributed by atoms with E-state index in [9.17, 15) is 23.3 Å². The first-order chi connectivity index (χ1) is 7.76. The third-order valence-corrected chi connectivity index (χ3v) is 2.09. The predicted octanol–water partition coefficient (Wildman–Crippen LogP) is 2.52. The second-order valence-corrected chi connectivity index (χ2v) is 3.30. The van der Waals surface area contributed by atoms with Crippen LogP contribution in [0.1, 0.15) is 5.56 Å². The number of ether oxygens (including phenoxy) is 1. The second kappa shape index (κ2) is 4.54. The summed E-state index contributed by atoms with van der Waals surface area (Å²) in [5.74, 6) is -1.14. The van der Waals surface area contributed by atoms with Gasteiger partial charge in [0.1, 0.15) is 10.7 Å². The van der Waals surface area contributed by atoms with Crippen molar-refractivity contribution in [2.45, 2.75) is 6.36 Å². The van der Waals surface area contributed by atoms with Crippen LogP contribution >= 0.6 is 15.9 Å². The van der Waals surface area contributed by atoms with Gasteiger partial charge in [0.15, 0.2) is 5.56 Å². The van der Waals surface area contributed by atoms with Crippen molar-refractivity contribution in [1.82, 2.24) is 4.98 Å². The van der Waals surface area contributed by atoms with E-state index in [0.29, 0.717) is 6.20 Å². The number of rotatable bonds is 2. The van der Waals surface area contributed by atoms with E-state index >= 15 is 0 Å². The van der Waals surface area contributed by atoms with E-state index in [1.165, 1.54) is 6.07 Å². The highest BCUT2D eigenvalue weighted by molar-refractivity contribution is 9.10. The molecule has 6 nitrogen and oxygen atoms in total. The zero-order valence-corrected chi connectivity index (χ0v) is 9.24. The van der Waals surface area contributed by atoms with Gasteiger partial charge in [0.25, 0.3) is 0 Å². The number of aromatic nitrogens is 1. The van der Waals surface area contributed by atoms with Crippen molar-refractivity contribution in [1.29, 1.82) is 5.26 Å². The van der Waals surface area contributed by atoms with Gasteiger partial charge in [0, 0.05) is 0 Å². The van der Waals surface area contributed by atoms with E-state index in [1.54, 1.807) is 0 Å². The maximum Gasteiger partial charge on any atom is 0.573 e. The van der Waals surface area contributed by atoms with Crippen LogP contribution < -0.4 is 4.74 Å². The molecule has 0 saturated heterocycles. The van der Waals surface area contributed by atoms with Gasteiger partial charge < -0.3 is 4.74 Å². The Morgan fingerprint density at radius 1 is 1.59 bits per heavy atom. The lowest BCUT2D eigenvalue weighted by molar-refractivity contribution is -0.389. The topological polar surface area (TPSA) is 89.0 Å². The van der Waals surface area contributed by atoms with Crippen LogP contribution in [-0.2, 0) is 0 Å². The van der Waals surface area contributed by atoms with Gasteiger partial charge in [-0.25, -0.2) is 4.98 Å². The molecule has 0 aliphatic rings. The molecule has 1 aromatic heterocycles. The third kappa shape index (κ3) is 3.04. The van der Waals surface area contributed by atoms with Gasteiger partial charge >= 0.3 is 12.0 Å². The lowest BCUT2D eigenvalue weighted by atomic mass is 10.2. The first-order valence-electron chi connectivity index (χ1n) is 3.75. The summed E-state index contributed by atoms with van der Waals surface area (Å²) in [6, 6.07) is 1.37. The van der Waals surface area contributed by atoms with Crippen molar-refractivity contribution in [3.63, 3.8) is 0 Å². The van der Waals surface area contributed by atoms with Crippen molar-refractivity contribution < 1.29 is 22.8 Å². The Kier molecular flexibility index (Phi) is 3.52. The molecule has 90 valence electrons. The Hall–Kier alpha value is -1.89. The largest absolute Gasteiger partial charge is 0.573 e. The number of nitrogens with zero attached hydrogens (tertiary/aromatic N) is 3. The first kappa shape index (κ1) is 13.2. The molecule has 0 saturated carbocycles. The molecule has 0 N–H and O–H groups in total. The highest BCUT2D eigenvalue weighted by Gasteiger charge is 2.36. The zero-order valence-electron chi connectivity index (χ0n) is 7.66. The number of alkyl halides is 3. The lowest BCUT2D eigenvalue weighted by Crippen LogP contribution is -2.18. The Balaban J connectivity index is 3.42. The molecule has 0 aliphatic heterocycles. The fourth-order valence-corrected chi connectivity index (χ4v) is 1.32. The van der Waals surface area contributed by atoms with Gasteiger partial charge in [0.05, 0.1) is 11.1 Å². The van der Waals surface area contributed by atoms with Gasteiger partial charge in [-0.3, -0.25) is 10.1 Å². The fourth-order valence-electron chi connectivity index (χ4n) is 0.942. The molecule has 0 unspecified atom stereocenters. The molecule has 0 bridgehead atoms. The summed E-state index contributed by atoms with van der Waals surface area (Å²) in [6.45, 7) is 0. The summed E-state index contributed by atoms with van der Waals surface area (Å²) in [4.78, 5) is 12.8. The van der Waals surface area contributed by atoms with Crippen molar-refractivity contribution in [3.8, 4) is 11.8 Å². The lowest BCUT2D eigenvalue weighted by Gasteiger charge is -2.09. The average Bonchev–Trinajstić information content (AvgIpc) is 2.17. The fraction of sp³-hybridized carbons (Fsp3) is 0.143. The van der Waals surface area contributed by atoms with Crippen molar-refractivity contribution in [2.75, 3.05) is 0 Å². The molecule has 0 spiro atoms. The van der Waals surface area contributed by atoms with Crippen molar-refractivity contribution >= 4 is 21.6 Å². The normalized spacial score (nSPS) is 10.8. The Morgan fingerprint density at radius 3 is 2.59 bits per heavy atom. The van der Waals surface area contributed by atoms with Crippen LogP contribution in [0, 0.1) is 21.4 Å². The minimum absolute atomic E-state index is 0.235. The smallest absolute Gasteiger partial charge is 0.397 e. The quantitative estimate of drug-likeness (QED) is 0.475.